The molecule has 1 aromatic rings. The summed E-state index contributed by atoms with van der Waals surface area (Å²) in [4.78, 5) is 12.3. The molecule has 2 aliphatic heterocycles. The Labute approximate surface area is 147 Å². The number of rotatable bonds is 4. The fraction of sp³-hybridized carbons (Fsp3) is 0.588. The second kappa shape index (κ2) is 7.80. The Morgan fingerprint density at radius 2 is 2.05 bits per heavy atom. The van der Waals surface area contributed by atoms with Gasteiger partial charge in [0, 0.05) is 23.0 Å². The Bertz CT molecular complexity index is 513. The van der Waals surface area contributed by atoms with E-state index in [0.29, 0.717) is 24.4 Å². The van der Waals surface area contributed by atoms with Crippen LogP contribution >= 0.6 is 28.3 Å². The number of piperidine rings is 1. The molecule has 2 N–H and O–H groups in total. The van der Waals surface area contributed by atoms with Gasteiger partial charge >= 0.3 is 0 Å². The van der Waals surface area contributed by atoms with Crippen LogP contribution in [0.4, 0.5) is 0 Å². The minimum atomic E-state index is 0. The topological polar surface area (TPSA) is 41.1 Å². The minimum absolute atomic E-state index is 0. The van der Waals surface area contributed by atoms with Gasteiger partial charge in [-0.2, -0.15) is 0 Å². The van der Waals surface area contributed by atoms with Crippen molar-refractivity contribution in [3.8, 4) is 0 Å². The quantitative estimate of drug-likeness (QED) is 0.821. The lowest BCUT2D eigenvalue weighted by molar-refractivity contribution is -0.122. The summed E-state index contributed by atoms with van der Waals surface area (Å²) >= 11 is 3.48. The first kappa shape index (κ1) is 17.8. The molecule has 0 saturated carbocycles. The van der Waals surface area contributed by atoms with E-state index >= 15 is 0 Å². The van der Waals surface area contributed by atoms with Gasteiger partial charge in [0.05, 0.1) is 6.04 Å². The Morgan fingerprint density at radius 3 is 2.68 bits per heavy atom. The van der Waals surface area contributed by atoms with Crippen molar-refractivity contribution in [3.05, 3.63) is 34.3 Å². The Kier molecular flexibility index (Phi) is 6.30. The van der Waals surface area contributed by atoms with Gasteiger partial charge in [0.25, 0.3) is 0 Å². The van der Waals surface area contributed by atoms with Crippen LogP contribution in [-0.4, -0.2) is 18.0 Å². The maximum absolute atomic E-state index is 12.3. The van der Waals surface area contributed by atoms with Gasteiger partial charge in [0.2, 0.25) is 5.91 Å². The first-order valence-electron chi connectivity index (χ1n) is 7.91. The molecule has 3 unspecified atom stereocenters. The van der Waals surface area contributed by atoms with Gasteiger partial charge in [-0.3, -0.25) is 4.79 Å². The summed E-state index contributed by atoms with van der Waals surface area (Å²) in [5.74, 6) is 0.743. The molecule has 2 bridgehead atoms. The highest BCUT2D eigenvalue weighted by atomic mass is 79.9. The van der Waals surface area contributed by atoms with E-state index in [9.17, 15) is 4.79 Å². The monoisotopic (exact) mass is 386 g/mol. The third-order valence-corrected chi connectivity index (χ3v) is 5.26. The number of amides is 1. The van der Waals surface area contributed by atoms with Crippen molar-refractivity contribution >= 4 is 34.2 Å². The van der Waals surface area contributed by atoms with Gasteiger partial charge in [-0.25, -0.2) is 0 Å². The highest BCUT2D eigenvalue weighted by Gasteiger charge is 2.34. The van der Waals surface area contributed by atoms with E-state index in [-0.39, 0.29) is 24.4 Å². The predicted molar refractivity (Wildman–Crippen MR) is 95.2 cm³/mol. The highest BCUT2D eigenvalue weighted by Crippen LogP contribution is 2.32. The molecule has 2 aliphatic rings. The molecule has 122 valence electrons. The Morgan fingerprint density at radius 1 is 1.36 bits per heavy atom. The maximum atomic E-state index is 12.3. The lowest BCUT2D eigenvalue weighted by Gasteiger charge is -2.29. The lowest BCUT2D eigenvalue weighted by atomic mass is 9.89. The van der Waals surface area contributed by atoms with Crippen LogP contribution in [0.3, 0.4) is 0 Å². The van der Waals surface area contributed by atoms with E-state index in [2.05, 4.69) is 38.7 Å². The van der Waals surface area contributed by atoms with Crippen molar-refractivity contribution < 1.29 is 4.79 Å². The van der Waals surface area contributed by atoms with Crippen molar-refractivity contribution in [2.24, 2.45) is 5.92 Å². The normalized spacial score (nSPS) is 27.8. The van der Waals surface area contributed by atoms with Crippen LogP contribution in [-0.2, 0) is 4.79 Å². The summed E-state index contributed by atoms with van der Waals surface area (Å²) in [6.45, 7) is 2.05. The smallest absolute Gasteiger partial charge is 0.220 e. The predicted octanol–water partition coefficient (Wildman–Crippen LogP) is 3.97. The van der Waals surface area contributed by atoms with E-state index in [0.717, 1.165) is 22.9 Å². The fourth-order valence-electron chi connectivity index (χ4n) is 3.76. The summed E-state index contributed by atoms with van der Waals surface area (Å²) in [6, 6.07) is 9.51. The van der Waals surface area contributed by atoms with Gasteiger partial charge < -0.3 is 10.6 Å². The zero-order chi connectivity index (χ0) is 14.8. The maximum Gasteiger partial charge on any atom is 0.220 e. The number of nitrogens with one attached hydrogen (secondary N) is 2. The number of carbonyl (C=O) groups excluding carboxylic acids is 1. The van der Waals surface area contributed by atoms with Gasteiger partial charge in [-0.1, -0.05) is 28.1 Å². The molecular formula is C17H24BrClN2O. The van der Waals surface area contributed by atoms with Crippen molar-refractivity contribution in [2.75, 3.05) is 0 Å². The number of fused-ring (bicyclic) bond motifs is 2. The zero-order valence-corrected chi connectivity index (χ0v) is 15.3. The first-order chi connectivity index (χ1) is 10.1. The summed E-state index contributed by atoms with van der Waals surface area (Å²) < 4.78 is 1.05. The molecule has 2 fully saturated rings. The lowest BCUT2D eigenvalue weighted by Crippen LogP contribution is -2.40. The molecular weight excluding hydrogens is 364 g/mol. The van der Waals surface area contributed by atoms with Crippen molar-refractivity contribution in [3.63, 3.8) is 0 Å². The Hall–Kier alpha value is -0.580. The van der Waals surface area contributed by atoms with E-state index < -0.39 is 0 Å². The minimum Gasteiger partial charge on any atom is -0.350 e. The Balaban J connectivity index is 0.00000176. The van der Waals surface area contributed by atoms with E-state index in [4.69, 9.17) is 0 Å². The molecule has 3 rings (SSSR count). The van der Waals surface area contributed by atoms with E-state index in [1.165, 1.54) is 12.8 Å². The van der Waals surface area contributed by atoms with Crippen molar-refractivity contribution in [2.45, 2.75) is 57.2 Å². The standard InChI is InChI=1S/C17H23BrN2O.ClH/c1-11(13-3-2-4-14(18)10-13)19-17(21)9-12-7-15-5-6-16(8-12)20-15;/h2-4,10-12,15-16,20H,5-9H2,1H3,(H,19,21);1H. The molecule has 0 aliphatic carbocycles. The van der Waals surface area contributed by atoms with Crippen LogP contribution in [0, 0.1) is 5.92 Å². The highest BCUT2D eigenvalue weighted by molar-refractivity contribution is 9.10. The molecule has 3 nitrogen and oxygen atoms in total. The van der Waals surface area contributed by atoms with Gasteiger partial charge in [-0.15, -0.1) is 12.4 Å². The fourth-order valence-corrected chi connectivity index (χ4v) is 4.18. The molecule has 2 saturated heterocycles. The van der Waals surface area contributed by atoms with Crippen LogP contribution in [0.2, 0.25) is 0 Å². The summed E-state index contributed by atoms with van der Waals surface area (Å²) in [5.41, 5.74) is 1.14. The third-order valence-electron chi connectivity index (χ3n) is 4.77. The molecule has 22 heavy (non-hydrogen) atoms. The molecule has 5 heteroatoms. The number of hydrogen-bond donors (Lipinski definition) is 2. The van der Waals surface area contributed by atoms with Crippen LogP contribution in [0.15, 0.2) is 28.7 Å². The SMILES string of the molecule is CC(NC(=O)CC1CC2CCC(C1)N2)c1cccc(Br)c1.Cl. The average molecular weight is 388 g/mol. The summed E-state index contributed by atoms with van der Waals surface area (Å²) in [6.07, 6.45) is 5.58. The van der Waals surface area contributed by atoms with Gasteiger partial charge in [0.1, 0.15) is 0 Å². The average Bonchev–Trinajstić information content (AvgIpc) is 2.77. The molecule has 1 amide bonds. The first-order valence-corrected chi connectivity index (χ1v) is 8.70. The molecule has 3 atom stereocenters. The number of benzene rings is 1. The van der Waals surface area contributed by atoms with Crippen LogP contribution < -0.4 is 10.6 Å². The second-order valence-corrected chi connectivity index (χ2v) is 7.44. The van der Waals surface area contributed by atoms with E-state index in [1.54, 1.807) is 0 Å². The number of carbonyl (C=O) groups is 1. The van der Waals surface area contributed by atoms with Gasteiger partial charge in [0.15, 0.2) is 0 Å². The molecule has 0 spiro atoms. The summed E-state index contributed by atoms with van der Waals surface area (Å²) in [5, 5.41) is 6.77. The second-order valence-electron chi connectivity index (χ2n) is 6.52. The van der Waals surface area contributed by atoms with Gasteiger partial charge in [-0.05, 0) is 56.2 Å². The molecule has 1 aromatic carbocycles. The van der Waals surface area contributed by atoms with Crippen molar-refractivity contribution in [1.29, 1.82) is 0 Å². The molecule has 0 aromatic heterocycles. The molecule has 0 radical (unpaired) electrons. The summed E-state index contributed by atoms with van der Waals surface area (Å²) in [7, 11) is 0. The van der Waals surface area contributed by atoms with Crippen LogP contribution in [0.1, 0.15) is 50.6 Å². The largest absolute Gasteiger partial charge is 0.350 e. The third kappa shape index (κ3) is 4.46. The van der Waals surface area contributed by atoms with E-state index in [1.807, 2.05) is 19.1 Å². The number of halogens is 2. The van der Waals surface area contributed by atoms with Crippen LogP contribution in [0.25, 0.3) is 0 Å². The van der Waals surface area contributed by atoms with Crippen molar-refractivity contribution in [1.82, 2.24) is 10.6 Å². The number of hydrogen-bond acceptors (Lipinski definition) is 2. The molecule has 2 heterocycles. The van der Waals surface area contributed by atoms with Crippen LogP contribution in [0.5, 0.6) is 0 Å². The zero-order valence-electron chi connectivity index (χ0n) is 12.8.